The van der Waals surface area contributed by atoms with Crippen LogP contribution in [-0.2, 0) is 4.79 Å². The van der Waals surface area contributed by atoms with Crippen LogP contribution in [0.15, 0.2) is 48.5 Å². The summed E-state index contributed by atoms with van der Waals surface area (Å²) in [7, 11) is 0. The van der Waals surface area contributed by atoms with Gasteiger partial charge in [0.15, 0.2) is 6.10 Å². The third kappa shape index (κ3) is 4.84. The summed E-state index contributed by atoms with van der Waals surface area (Å²) in [6, 6.07) is 13.3. The number of hydrogen-bond donors (Lipinski definition) is 2. The van der Waals surface area contributed by atoms with E-state index in [0.29, 0.717) is 11.7 Å². The van der Waals surface area contributed by atoms with Crippen molar-refractivity contribution < 1.29 is 13.9 Å². The highest BCUT2D eigenvalue weighted by Crippen LogP contribution is 2.22. The van der Waals surface area contributed by atoms with Crippen molar-refractivity contribution in [1.82, 2.24) is 15.3 Å². The monoisotopic (exact) mass is 369 g/mol. The van der Waals surface area contributed by atoms with Gasteiger partial charge in [0.1, 0.15) is 17.4 Å². The zero-order valence-electron chi connectivity index (χ0n) is 15.7. The van der Waals surface area contributed by atoms with Crippen LogP contribution in [-0.4, -0.2) is 22.0 Å². The van der Waals surface area contributed by atoms with Gasteiger partial charge < -0.3 is 15.0 Å². The average molecular weight is 369 g/mol. The molecule has 0 aliphatic rings. The molecular formula is C21H24FN3O2. The Hall–Kier alpha value is -2.89. The molecule has 3 aromatic rings. The smallest absolute Gasteiger partial charge is 0.261 e. The highest BCUT2D eigenvalue weighted by Gasteiger charge is 2.23. The Morgan fingerprint density at radius 2 is 1.96 bits per heavy atom. The molecule has 1 amide bonds. The average Bonchev–Trinajstić information content (AvgIpc) is 3.05. The number of fused-ring (bicyclic) bond motifs is 1. The van der Waals surface area contributed by atoms with Crippen LogP contribution in [0.3, 0.4) is 0 Å². The predicted molar refractivity (Wildman–Crippen MR) is 103 cm³/mol. The molecule has 5 nitrogen and oxygen atoms in total. The van der Waals surface area contributed by atoms with Gasteiger partial charge in [0.25, 0.3) is 5.91 Å². The molecule has 1 aromatic heterocycles. The molecule has 0 bridgehead atoms. The highest BCUT2D eigenvalue weighted by molar-refractivity contribution is 5.81. The van der Waals surface area contributed by atoms with E-state index in [1.807, 2.05) is 24.3 Å². The molecule has 1 heterocycles. The maximum Gasteiger partial charge on any atom is 0.261 e. The van der Waals surface area contributed by atoms with Gasteiger partial charge in [-0.2, -0.15) is 0 Å². The van der Waals surface area contributed by atoms with Crippen molar-refractivity contribution in [2.75, 3.05) is 0 Å². The van der Waals surface area contributed by atoms with Crippen molar-refractivity contribution in [3.8, 4) is 5.75 Å². The molecule has 2 atom stereocenters. The first kappa shape index (κ1) is 18.9. The summed E-state index contributed by atoms with van der Waals surface area (Å²) in [4.78, 5) is 20.5. The van der Waals surface area contributed by atoms with Crippen molar-refractivity contribution in [1.29, 1.82) is 0 Å². The Balaban J connectivity index is 1.74. The second-order valence-electron chi connectivity index (χ2n) is 7.05. The van der Waals surface area contributed by atoms with Crippen molar-refractivity contribution in [2.45, 2.75) is 39.3 Å². The van der Waals surface area contributed by atoms with Crippen molar-refractivity contribution in [2.24, 2.45) is 5.92 Å². The lowest BCUT2D eigenvalue weighted by atomic mass is 10.0. The Labute approximate surface area is 158 Å². The van der Waals surface area contributed by atoms with Gasteiger partial charge in [0.05, 0.1) is 17.1 Å². The number of carbonyl (C=O) groups is 1. The number of aromatic amines is 1. The van der Waals surface area contributed by atoms with Crippen LogP contribution in [0.5, 0.6) is 5.75 Å². The number of rotatable bonds is 7. The number of aromatic nitrogens is 2. The molecule has 0 saturated carbocycles. The van der Waals surface area contributed by atoms with Crippen LogP contribution in [0.2, 0.25) is 0 Å². The molecule has 2 aromatic carbocycles. The number of amides is 1. The summed E-state index contributed by atoms with van der Waals surface area (Å²) < 4.78 is 18.9. The normalized spacial score (nSPS) is 13.5. The lowest BCUT2D eigenvalue weighted by Gasteiger charge is -2.21. The number of nitrogens with one attached hydrogen (secondary N) is 2. The minimum atomic E-state index is -0.758. The lowest BCUT2D eigenvalue weighted by molar-refractivity contribution is -0.128. The summed E-state index contributed by atoms with van der Waals surface area (Å²) >= 11 is 0. The zero-order chi connectivity index (χ0) is 19.4. The topological polar surface area (TPSA) is 67.0 Å². The third-order valence-electron chi connectivity index (χ3n) is 4.24. The van der Waals surface area contributed by atoms with E-state index >= 15 is 0 Å². The fourth-order valence-electron chi connectivity index (χ4n) is 2.93. The largest absolute Gasteiger partial charge is 0.481 e. The van der Waals surface area contributed by atoms with Crippen LogP contribution in [0.1, 0.15) is 39.1 Å². The SMILES string of the molecule is CC(C)CC(NC(=O)C(C)Oc1cccc(F)c1)c1nc2ccccc2[nH]1. The third-order valence-corrected chi connectivity index (χ3v) is 4.24. The quantitative estimate of drug-likeness (QED) is 0.650. The molecule has 0 fully saturated rings. The molecule has 0 saturated heterocycles. The van der Waals surface area contributed by atoms with Gasteiger partial charge in [0, 0.05) is 6.07 Å². The number of imidazole rings is 1. The number of carbonyl (C=O) groups excluding carboxylic acids is 1. The summed E-state index contributed by atoms with van der Waals surface area (Å²) in [6.45, 7) is 5.83. The summed E-state index contributed by atoms with van der Waals surface area (Å²) in [5.74, 6) is 0.728. The number of ether oxygens (including phenoxy) is 1. The Morgan fingerprint density at radius 1 is 1.19 bits per heavy atom. The van der Waals surface area contributed by atoms with Gasteiger partial charge in [-0.05, 0) is 43.5 Å². The van der Waals surface area contributed by atoms with Crippen molar-refractivity contribution >= 4 is 16.9 Å². The van der Waals surface area contributed by atoms with E-state index in [2.05, 4.69) is 29.1 Å². The van der Waals surface area contributed by atoms with Gasteiger partial charge in [-0.15, -0.1) is 0 Å². The maximum absolute atomic E-state index is 13.3. The Bertz CT molecular complexity index is 889. The Kier molecular flexibility index (Phi) is 5.74. The van der Waals surface area contributed by atoms with E-state index in [1.165, 1.54) is 12.1 Å². The first-order valence-electron chi connectivity index (χ1n) is 9.09. The van der Waals surface area contributed by atoms with Gasteiger partial charge in [-0.3, -0.25) is 4.79 Å². The van der Waals surface area contributed by atoms with Gasteiger partial charge in [-0.1, -0.05) is 32.0 Å². The fourth-order valence-corrected chi connectivity index (χ4v) is 2.93. The second kappa shape index (κ2) is 8.20. The summed E-state index contributed by atoms with van der Waals surface area (Å²) in [5.41, 5.74) is 1.79. The number of H-pyrrole nitrogens is 1. The molecule has 142 valence electrons. The van der Waals surface area contributed by atoms with Crippen LogP contribution in [0.25, 0.3) is 11.0 Å². The molecule has 27 heavy (non-hydrogen) atoms. The second-order valence-corrected chi connectivity index (χ2v) is 7.05. The molecule has 2 unspecified atom stereocenters. The van der Waals surface area contributed by atoms with Gasteiger partial charge in [-0.25, -0.2) is 9.37 Å². The van der Waals surface area contributed by atoms with Gasteiger partial charge in [0.2, 0.25) is 0 Å². The number of benzene rings is 2. The lowest BCUT2D eigenvalue weighted by Crippen LogP contribution is -2.39. The van der Waals surface area contributed by atoms with Crippen LogP contribution >= 0.6 is 0 Å². The first-order valence-corrected chi connectivity index (χ1v) is 9.09. The Morgan fingerprint density at radius 3 is 2.67 bits per heavy atom. The zero-order valence-corrected chi connectivity index (χ0v) is 15.7. The van der Waals surface area contributed by atoms with Crippen molar-refractivity contribution in [3.05, 3.63) is 60.2 Å². The van der Waals surface area contributed by atoms with Crippen LogP contribution in [0, 0.1) is 11.7 Å². The van der Waals surface area contributed by atoms with Crippen LogP contribution < -0.4 is 10.1 Å². The highest BCUT2D eigenvalue weighted by atomic mass is 19.1. The molecular weight excluding hydrogens is 345 g/mol. The number of halogens is 1. The van der Waals surface area contributed by atoms with E-state index in [9.17, 15) is 9.18 Å². The molecule has 3 rings (SSSR count). The van der Waals surface area contributed by atoms with E-state index in [0.717, 1.165) is 23.3 Å². The molecule has 0 spiro atoms. The van der Waals surface area contributed by atoms with Crippen molar-refractivity contribution in [3.63, 3.8) is 0 Å². The van der Waals surface area contributed by atoms with E-state index in [-0.39, 0.29) is 11.9 Å². The van der Waals surface area contributed by atoms with E-state index < -0.39 is 11.9 Å². The minimum Gasteiger partial charge on any atom is -0.481 e. The summed E-state index contributed by atoms with van der Waals surface area (Å²) in [6.07, 6.45) is -0.0241. The summed E-state index contributed by atoms with van der Waals surface area (Å²) in [5, 5.41) is 3.01. The standard InChI is InChI=1S/C21H24FN3O2/c1-13(2)11-19(20-23-17-9-4-5-10-18(17)24-20)25-21(26)14(3)27-16-8-6-7-15(22)12-16/h4-10,12-14,19H,11H2,1-3H3,(H,23,24)(H,25,26). The number of nitrogens with zero attached hydrogens (tertiary/aromatic N) is 1. The van der Waals surface area contributed by atoms with E-state index in [4.69, 9.17) is 4.74 Å². The molecule has 0 radical (unpaired) electrons. The molecule has 0 aliphatic carbocycles. The number of hydrogen-bond acceptors (Lipinski definition) is 3. The maximum atomic E-state index is 13.3. The minimum absolute atomic E-state index is 0.261. The molecule has 2 N–H and O–H groups in total. The fraction of sp³-hybridized carbons (Fsp3) is 0.333. The predicted octanol–water partition coefficient (Wildman–Crippen LogP) is 4.37. The molecule has 6 heteroatoms. The van der Waals surface area contributed by atoms with E-state index in [1.54, 1.807) is 19.1 Å². The first-order chi connectivity index (χ1) is 12.9. The van der Waals surface area contributed by atoms with Crippen LogP contribution in [0.4, 0.5) is 4.39 Å². The van der Waals surface area contributed by atoms with Gasteiger partial charge >= 0.3 is 0 Å². The molecule has 0 aliphatic heterocycles. The number of para-hydroxylation sites is 2.